The lowest BCUT2D eigenvalue weighted by molar-refractivity contribution is 0.310. The van der Waals surface area contributed by atoms with Crippen LogP contribution in [0.15, 0.2) is 0 Å². The number of fused-ring (bicyclic) bond motifs is 2. The summed E-state index contributed by atoms with van der Waals surface area (Å²) in [6, 6.07) is 0. The molecule has 0 aliphatic heterocycles. The van der Waals surface area contributed by atoms with Gasteiger partial charge < -0.3 is 32.3 Å². The Hall–Kier alpha value is -2.86. The molecule has 12 heteroatoms. The maximum Gasteiger partial charge on any atom is 0.227 e. The molecule has 4 rings (SSSR count). The van der Waals surface area contributed by atoms with Gasteiger partial charge >= 0.3 is 0 Å². The highest BCUT2D eigenvalue weighted by Gasteiger charge is 2.49. The van der Waals surface area contributed by atoms with Crippen LogP contribution in [-0.4, -0.2) is 66.4 Å². The molecule has 2 aromatic rings. The number of rotatable bonds is 8. The van der Waals surface area contributed by atoms with E-state index in [4.69, 9.17) is 21.7 Å². The maximum atomic E-state index is 9.09. The first-order chi connectivity index (χ1) is 14.1. The molecule has 8 N–H and O–H groups in total. The Morgan fingerprint density at radius 2 is 1.24 bits per heavy atom. The molecule has 2 heterocycles. The standard InChI is InChI=1S/C17H26N10O2/c18-14-22-12(23-15(19)26-14)10-6-8-5-9(10)11(7-8)13-24-16(20-1-3-28)27-17(25-13)21-2-4-29/h8-11,28-29H,1-7H2,(H4,18,19,22,23,26)(H2,20,21,24,25,27). The predicted molar refractivity (Wildman–Crippen MR) is 106 cm³/mol. The van der Waals surface area contributed by atoms with E-state index in [1.165, 1.54) is 0 Å². The van der Waals surface area contributed by atoms with Crippen molar-refractivity contribution in [1.82, 2.24) is 29.9 Å². The van der Waals surface area contributed by atoms with E-state index < -0.39 is 0 Å². The fraction of sp³-hybridized carbons (Fsp3) is 0.647. The lowest BCUT2D eigenvalue weighted by Gasteiger charge is -2.28. The molecular weight excluding hydrogens is 376 g/mol. The first-order valence-electron chi connectivity index (χ1n) is 9.79. The second-order valence-corrected chi connectivity index (χ2v) is 7.50. The molecule has 2 fully saturated rings. The Morgan fingerprint density at radius 1 is 0.724 bits per heavy atom. The minimum absolute atomic E-state index is 0.0289. The van der Waals surface area contributed by atoms with Gasteiger partial charge in [0, 0.05) is 24.9 Å². The summed E-state index contributed by atoms with van der Waals surface area (Å²) < 4.78 is 0. The number of aliphatic hydroxyl groups excluding tert-OH is 2. The first kappa shape index (κ1) is 19.5. The van der Waals surface area contributed by atoms with Crippen molar-refractivity contribution in [3.63, 3.8) is 0 Å². The van der Waals surface area contributed by atoms with Crippen LogP contribution in [0.5, 0.6) is 0 Å². The van der Waals surface area contributed by atoms with Gasteiger partial charge in [0.25, 0.3) is 0 Å². The molecule has 0 saturated heterocycles. The summed E-state index contributed by atoms with van der Waals surface area (Å²) in [5.41, 5.74) is 11.5. The van der Waals surface area contributed by atoms with Crippen LogP contribution in [0.4, 0.5) is 23.8 Å². The van der Waals surface area contributed by atoms with Crippen molar-refractivity contribution >= 4 is 23.8 Å². The number of nitrogens with two attached hydrogens (primary N) is 2. The molecule has 2 bridgehead atoms. The normalized spacial score (nSPS) is 25.3. The van der Waals surface area contributed by atoms with E-state index in [1.54, 1.807) is 0 Å². The molecule has 29 heavy (non-hydrogen) atoms. The zero-order valence-electron chi connectivity index (χ0n) is 16.0. The zero-order chi connectivity index (χ0) is 20.4. The third-order valence-corrected chi connectivity index (χ3v) is 5.61. The Kier molecular flexibility index (Phi) is 5.53. The Labute approximate surface area is 167 Å². The Balaban J connectivity index is 1.62. The fourth-order valence-electron chi connectivity index (χ4n) is 4.59. The van der Waals surface area contributed by atoms with E-state index >= 15 is 0 Å². The van der Waals surface area contributed by atoms with E-state index in [9.17, 15) is 0 Å². The quantitative estimate of drug-likeness (QED) is 0.326. The number of anilines is 4. The lowest BCUT2D eigenvalue weighted by atomic mass is 9.79. The highest BCUT2D eigenvalue weighted by Crippen LogP contribution is 2.58. The number of hydrogen-bond acceptors (Lipinski definition) is 12. The molecule has 2 saturated carbocycles. The van der Waals surface area contributed by atoms with Gasteiger partial charge in [-0.3, -0.25) is 0 Å². The lowest BCUT2D eigenvalue weighted by Crippen LogP contribution is -2.23. The number of nitrogens with one attached hydrogen (secondary N) is 2. The van der Waals surface area contributed by atoms with Crippen molar-refractivity contribution in [2.75, 3.05) is 48.4 Å². The van der Waals surface area contributed by atoms with E-state index in [0.29, 0.717) is 42.6 Å². The molecule has 156 valence electrons. The van der Waals surface area contributed by atoms with E-state index in [-0.39, 0.29) is 42.9 Å². The van der Waals surface area contributed by atoms with Gasteiger partial charge in [-0.25, -0.2) is 0 Å². The van der Waals surface area contributed by atoms with Crippen molar-refractivity contribution in [3.8, 4) is 0 Å². The zero-order valence-corrected chi connectivity index (χ0v) is 16.0. The summed E-state index contributed by atoms with van der Waals surface area (Å²) in [4.78, 5) is 26.0. The van der Waals surface area contributed by atoms with Gasteiger partial charge in [0.1, 0.15) is 11.6 Å². The van der Waals surface area contributed by atoms with E-state index in [1.807, 2.05) is 0 Å². The van der Waals surface area contributed by atoms with Crippen LogP contribution >= 0.6 is 0 Å². The van der Waals surface area contributed by atoms with Crippen LogP contribution in [0.25, 0.3) is 0 Å². The number of aliphatic hydroxyl groups is 2. The van der Waals surface area contributed by atoms with Crippen LogP contribution in [-0.2, 0) is 0 Å². The van der Waals surface area contributed by atoms with Crippen LogP contribution in [0.1, 0.15) is 42.7 Å². The molecular formula is C17H26N10O2. The van der Waals surface area contributed by atoms with Crippen LogP contribution in [0, 0.1) is 11.8 Å². The van der Waals surface area contributed by atoms with Crippen LogP contribution < -0.4 is 22.1 Å². The van der Waals surface area contributed by atoms with Gasteiger partial charge in [0.15, 0.2) is 0 Å². The summed E-state index contributed by atoms with van der Waals surface area (Å²) in [5, 5.41) is 24.2. The number of aromatic nitrogens is 6. The highest BCUT2D eigenvalue weighted by atomic mass is 16.3. The highest BCUT2D eigenvalue weighted by molar-refractivity contribution is 5.36. The molecule has 12 nitrogen and oxygen atoms in total. The van der Waals surface area contributed by atoms with Gasteiger partial charge in [-0.2, -0.15) is 29.9 Å². The van der Waals surface area contributed by atoms with Gasteiger partial charge in [0.05, 0.1) is 13.2 Å². The SMILES string of the molecule is Nc1nc(N)nc(C2CC3CC(c4nc(NCCO)nc(NCCO)n4)C2C3)n1. The van der Waals surface area contributed by atoms with Crippen molar-refractivity contribution < 1.29 is 10.2 Å². The van der Waals surface area contributed by atoms with Gasteiger partial charge in [-0.15, -0.1) is 0 Å². The molecule has 0 spiro atoms. The van der Waals surface area contributed by atoms with E-state index in [0.717, 1.165) is 19.3 Å². The molecule has 0 radical (unpaired) electrons. The summed E-state index contributed by atoms with van der Waals surface area (Å²) in [5.74, 6) is 3.47. The molecule has 2 aliphatic carbocycles. The molecule has 2 aliphatic rings. The van der Waals surface area contributed by atoms with Crippen molar-refractivity contribution in [1.29, 1.82) is 0 Å². The molecule has 2 aromatic heterocycles. The molecule has 0 aromatic carbocycles. The molecule has 0 amide bonds. The second-order valence-electron chi connectivity index (χ2n) is 7.50. The van der Waals surface area contributed by atoms with Crippen molar-refractivity contribution in [3.05, 3.63) is 11.6 Å². The summed E-state index contributed by atoms with van der Waals surface area (Å²) in [6.07, 6.45) is 3.02. The van der Waals surface area contributed by atoms with Gasteiger partial charge in [-0.1, -0.05) is 0 Å². The molecule has 4 unspecified atom stereocenters. The van der Waals surface area contributed by atoms with Crippen LogP contribution in [0.2, 0.25) is 0 Å². The van der Waals surface area contributed by atoms with E-state index in [2.05, 4.69) is 40.5 Å². The van der Waals surface area contributed by atoms with Crippen molar-refractivity contribution in [2.45, 2.75) is 31.1 Å². The fourth-order valence-corrected chi connectivity index (χ4v) is 4.59. The summed E-state index contributed by atoms with van der Waals surface area (Å²) >= 11 is 0. The summed E-state index contributed by atoms with van der Waals surface area (Å²) in [7, 11) is 0. The Bertz CT molecular complexity index is 820. The molecule has 4 atom stereocenters. The monoisotopic (exact) mass is 402 g/mol. The minimum Gasteiger partial charge on any atom is -0.395 e. The maximum absolute atomic E-state index is 9.09. The minimum atomic E-state index is -0.0289. The van der Waals surface area contributed by atoms with Crippen LogP contribution in [0.3, 0.4) is 0 Å². The number of nitrogen functional groups attached to an aromatic ring is 2. The topological polar surface area (TPSA) is 194 Å². The second kappa shape index (κ2) is 8.25. The van der Waals surface area contributed by atoms with Crippen molar-refractivity contribution in [2.24, 2.45) is 11.8 Å². The largest absolute Gasteiger partial charge is 0.395 e. The first-order valence-corrected chi connectivity index (χ1v) is 9.79. The average Bonchev–Trinajstić information content (AvgIpc) is 3.31. The average molecular weight is 402 g/mol. The third kappa shape index (κ3) is 4.12. The number of nitrogens with zero attached hydrogens (tertiary/aromatic N) is 6. The summed E-state index contributed by atoms with van der Waals surface area (Å²) in [6.45, 7) is 0.620. The third-order valence-electron chi connectivity index (χ3n) is 5.61. The Morgan fingerprint density at radius 3 is 1.72 bits per heavy atom. The number of hydrogen-bond donors (Lipinski definition) is 6. The smallest absolute Gasteiger partial charge is 0.227 e. The van der Waals surface area contributed by atoms with Gasteiger partial charge in [0.2, 0.25) is 23.8 Å². The van der Waals surface area contributed by atoms with Gasteiger partial charge in [-0.05, 0) is 31.1 Å². The predicted octanol–water partition coefficient (Wildman–Crippen LogP) is -0.673.